The Bertz CT molecular complexity index is 1070. The van der Waals surface area contributed by atoms with Gasteiger partial charge in [0, 0.05) is 37.1 Å². The number of aromatic amines is 1. The largest absolute Gasteiger partial charge is 0.489 e. The molecule has 0 aliphatic carbocycles. The summed E-state index contributed by atoms with van der Waals surface area (Å²) in [6, 6.07) is 7.15. The van der Waals surface area contributed by atoms with E-state index >= 15 is 0 Å². The molecular weight excluding hydrogens is 481 g/mol. The molecule has 6 nitrogen and oxygen atoms in total. The van der Waals surface area contributed by atoms with Crippen LogP contribution in [-0.2, 0) is 11.0 Å². The number of ether oxygens (including phenoxy) is 1. The van der Waals surface area contributed by atoms with Gasteiger partial charge >= 0.3 is 0 Å². The van der Waals surface area contributed by atoms with E-state index in [9.17, 15) is 9.00 Å². The molecule has 9 heteroatoms. The highest BCUT2D eigenvalue weighted by Gasteiger charge is 2.36. The quantitative estimate of drug-likeness (QED) is 0.461. The fourth-order valence-electron chi connectivity index (χ4n) is 4.44. The molecule has 33 heavy (non-hydrogen) atoms. The van der Waals surface area contributed by atoms with Crippen molar-refractivity contribution in [2.45, 2.75) is 43.8 Å². The van der Waals surface area contributed by atoms with Crippen LogP contribution in [0.3, 0.4) is 0 Å². The summed E-state index contributed by atoms with van der Waals surface area (Å²) in [5.74, 6) is 0.961. The third-order valence-electron chi connectivity index (χ3n) is 6.30. The number of rotatable bonds is 9. The standard InChI is InChI=1S/C24H31Cl2N3O3S/c1-4-11-32-22-14-21(26)20(25)13-18(22)19(15-24(2,3)33(27)31)16-6-9-29(10-7-16)17-5-8-28-23(30)12-17/h4-5,8,12-14,16,19H,1,6-7,9-11,15,27H2,2-3H3,(H,28,30)/t19-,33?/m1/s1. The van der Waals surface area contributed by atoms with Crippen LogP contribution in [0.5, 0.6) is 5.75 Å². The Labute approximate surface area is 207 Å². The summed E-state index contributed by atoms with van der Waals surface area (Å²) in [7, 11) is -1.50. The molecule has 1 aliphatic rings. The number of H-pyrrole nitrogens is 1. The highest BCUT2D eigenvalue weighted by Crippen LogP contribution is 2.45. The number of hydrogen-bond acceptors (Lipinski definition) is 4. The van der Waals surface area contributed by atoms with Gasteiger partial charge in [0.1, 0.15) is 12.4 Å². The number of nitrogens with one attached hydrogen (secondary N) is 1. The van der Waals surface area contributed by atoms with E-state index in [2.05, 4.69) is 16.5 Å². The molecule has 0 radical (unpaired) electrons. The maximum Gasteiger partial charge on any atom is 0.249 e. The molecule has 1 aromatic heterocycles. The predicted molar refractivity (Wildman–Crippen MR) is 138 cm³/mol. The minimum atomic E-state index is -1.50. The van der Waals surface area contributed by atoms with Gasteiger partial charge in [0.2, 0.25) is 5.56 Å². The Morgan fingerprint density at radius 3 is 2.58 bits per heavy atom. The Morgan fingerprint density at radius 2 is 1.97 bits per heavy atom. The van der Waals surface area contributed by atoms with Crippen molar-refractivity contribution in [3.05, 3.63) is 69.1 Å². The molecule has 0 spiro atoms. The van der Waals surface area contributed by atoms with Gasteiger partial charge in [-0.3, -0.25) is 9.93 Å². The van der Waals surface area contributed by atoms with E-state index in [1.54, 1.807) is 24.4 Å². The summed E-state index contributed by atoms with van der Waals surface area (Å²) >= 11 is 12.7. The number of piperidine rings is 1. The van der Waals surface area contributed by atoms with Gasteiger partial charge in [-0.1, -0.05) is 35.9 Å². The number of nitrogens with two attached hydrogens (primary N) is 1. The molecule has 0 amide bonds. The fraction of sp³-hybridized carbons (Fsp3) is 0.458. The molecule has 180 valence electrons. The zero-order valence-corrected chi connectivity index (χ0v) is 21.3. The van der Waals surface area contributed by atoms with E-state index < -0.39 is 15.7 Å². The lowest BCUT2D eigenvalue weighted by Gasteiger charge is -2.40. The Kier molecular flexibility index (Phi) is 8.67. The van der Waals surface area contributed by atoms with Crippen LogP contribution < -0.4 is 20.3 Å². The number of benzene rings is 1. The topological polar surface area (TPSA) is 88.4 Å². The van der Waals surface area contributed by atoms with Crippen molar-refractivity contribution in [1.29, 1.82) is 0 Å². The first-order chi connectivity index (χ1) is 15.6. The number of pyridine rings is 1. The Morgan fingerprint density at radius 1 is 1.30 bits per heavy atom. The normalized spacial score (nSPS) is 16.9. The molecule has 3 rings (SSSR count). The van der Waals surface area contributed by atoms with Crippen molar-refractivity contribution in [3.8, 4) is 5.75 Å². The summed E-state index contributed by atoms with van der Waals surface area (Å²) in [6.07, 6.45) is 5.75. The van der Waals surface area contributed by atoms with Gasteiger partial charge in [-0.25, -0.2) is 4.21 Å². The summed E-state index contributed by atoms with van der Waals surface area (Å²) in [4.78, 5) is 16.6. The van der Waals surface area contributed by atoms with Gasteiger partial charge < -0.3 is 14.6 Å². The van der Waals surface area contributed by atoms with Crippen LogP contribution in [0.4, 0.5) is 5.69 Å². The summed E-state index contributed by atoms with van der Waals surface area (Å²) in [6.45, 7) is 9.53. The molecule has 2 aromatic rings. The maximum absolute atomic E-state index is 12.3. The van der Waals surface area contributed by atoms with Crippen molar-refractivity contribution in [2.75, 3.05) is 24.6 Å². The summed E-state index contributed by atoms with van der Waals surface area (Å²) < 4.78 is 17.7. The van der Waals surface area contributed by atoms with Gasteiger partial charge in [-0.15, -0.1) is 0 Å². The Hall–Kier alpha value is -1.80. The average molecular weight is 513 g/mol. The lowest BCUT2D eigenvalue weighted by Crippen LogP contribution is -2.39. The number of hydrogen-bond donors (Lipinski definition) is 2. The predicted octanol–water partition coefficient (Wildman–Crippen LogP) is 5.04. The van der Waals surface area contributed by atoms with E-state index in [1.807, 2.05) is 26.0 Å². The van der Waals surface area contributed by atoms with Crippen molar-refractivity contribution in [2.24, 2.45) is 11.1 Å². The molecule has 2 atom stereocenters. The summed E-state index contributed by atoms with van der Waals surface area (Å²) in [5, 5.41) is 6.72. The smallest absolute Gasteiger partial charge is 0.249 e. The van der Waals surface area contributed by atoms with Crippen LogP contribution in [-0.4, -0.2) is 33.6 Å². The molecule has 3 N–H and O–H groups in total. The van der Waals surface area contributed by atoms with Gasteiger partial charge in [-0.2, -0.15) is 0 Å². The van der Waals surface area contributed by atoms with E-state index in [0.29, 0.717) is 28.8 Å². The van der Waals surface area contributed by atoms with Crippen LogP contribution in [0.15, 0.2) is 47.9 Å². The fourth-order valence-corrected chi connectivity index (χ4v) is 5.11. The first-order valence-electron chi connectivity index (χ1n) is 10.9. The van der Waals surface area contributed by atoms with Crippen molar-refractivity contribution in [3.63, 3.8) is 0 Å². The molecule has 2 heterocycles. The zero-order valence-electron chi connectivity index (χ0n) is 19.0. The van der Waals surface area contributed by atoms with Crippen LogP contribution in [0.25, 0.3) is 0 Å². The van der Waals surface area contributed by atoms with E-state index in [1.165, 1.54) is 0 Å². The molecule has 1 saturated heterocycles. The number of halogens is 2. The van der Waals surface area contributed by atoms with Crippen LogP contribution in [0, 0.1) is 5.92 Å². The zero-order chi connectivity index (χ0) is 24.2. The second-order valence-corrected chi connectivity index (χ2v) is 11.5. The van der Waals surface area contributed by atoms with Crippen molar-refractivity contribution < 1.29 is 8.95 Å². The van der Waals surface area contributed by atoms with Gasteiger partial charge in [0.25, 0.3) is 0 Å². The van der Waals surface area contributed by atoms with Crippen LogP contribution in [0.2, 0.25) is 10.0 Å². The van der Waals surface area contributed by atoms with E-state index in [4.69, 9.17) is 33.1 Å². The molecule has 0 saturated carbocycles. The third kappa shape index (κ3) is 6.41. The van der Waals surface area contributed by atoms with Gasteiger partial charge in [0.15, 0.2) is 0 Å². The first kappa shape index (κ1) is 25.8. The maximum atomic E-state index is 12.3. The van der Waals surface area contributed by atoms with Crippen molar-refractivity contribution in [1.82, 2.24) is 4.98 Å². The van der Waals surface area contributed by atoms with E-state index in [-0.39, 0.29) is 17.4 Å². The lowest BCUT2D eigenvalue weighted by atomic mass is 9.75. The molecule has 1 aliphatic heterocycles. The second kappa shape index (κ2) is 11.1. The minimum Gasteiger partial charge on any atom is -0.489 e. The van der Waals surface area contributed by atoms with E-state index in [0.717, 1.165) is 37.2 Å². The SMILES string of the molecule is C=CCOc1cc(Cl)c(Cl)cc1[C@H](CC(C)(C)S(N)=O)C1CCN(c2cc[nH]c(=O)c2)CC1. The van der Waals surface area contributed by atoms with Gasteiger partial charge in [0.05, 0.1) is 25.8 Å². The molecular formula is C24H31Cl2N3O3S. The molecule has 0 bridgehead atoms. The average Bonchev–Trinajstić information content (AvgIpc) is 2.78. The molecule has 1 aromatic carbocycles. The molecule has 1 unspecified atom stereocenters. The first-order valence-corrected chi connectivity index (χ1v) is 12.9. The Balaban J connectivity index is 1.93. The van der Waals surface area contributed by atoms with Crippen LogP contribution in [0.1, 0.15) is 44.6 Å². The monoisotopic (exact) mass is 511 g/mol. The molecule has 1 fully saturated rings. The number of nitrogens with zero attached hydrogens (tertiary/aromatic N) is 1. The van der Waals surface area contributed by atoms with Crippen LogP contribution >= 0.6 is 23.2 Å². The highest BCUT2D eigenvalue weighted by molar-refractivity contribution is 7.84. The minimum absolute atomic E-state index is 0.0170. The number of aromatic nitrogens is 1. The third-order valence-corrected chi connectivity index (χ3v) is 8.28. The lowest BCUT2D eigenvalue weighted by molar-refractivity contribution is 0.296. The second-order valence-electron chi connectivity index (χ2n) is 9.01. The number of anilines is 1. The van der Waals surface area contributed by atoms with Crippen molar-refractivity contribution >= 4 is 39.9 Å². The summed E-state index contributed by atoms with van der Waals surface area (Å²) in [5.41, 5.74) is 1.75. The van der Waals surface area contributed by atoms with Gasteiger partial charge in [-0.05, 0) is 62.6 Å². The highest BCUT2D eigenvalue weighted by atomic mass is 35.5.